The van der Waals surface area contributed by atoms with Gasteiger partial charge in [-0.1, -0.05) is 0 Å². The van der Waals surface area contributed by atoms with E-state index in [9.17, 15) is 0 Å². The molecular weight excluding hydrogens is 342 g/mol. The van der Waals surface area contributed by atoms with Gasteiger partial charge in [0.25, 0.3) is 0 Å². The molecule has 0 aliphatic rings. The molecule has 0 unspecified atom stereocenters. The van der Waals surface area contributed by atoms with Gasteiger partial charge in [-0.2, -0.15) is 0 Å². The van der Waals surface area contributed by atoms with Gasteiger partial charge in [-0.3, -0.25) is 0 Å². The van der Waals surface area contributed by atoms with Crippen molar-refractivity contribution in [1.29, 1.82) is 0 Å². The second-order valence-electron chi connectivity index (χ2n) is 6.14. The van der Waals surface area contributed by atoms with Crippen LogP contribution in [0.2, 0.25) is 0 Å². The van der Waals surface area contributed by atoms with E-state index in [4.69, 9.17) is 9.47 Å². The maximum atomic E-state index is 5.45. The van der Waals surface area contributed by atoms with Crippen molar-refractivity contribution < 1.29 is 9.47 Å². The summed E-state index contributed by atoms with van der Waals surface area (Å²) in [4.78, 5) is 11.0. The molecule has 7 heteroatoms. The first kappa shape index (κ1) is 20.4. The van der Waals surface area contributed by atoms with Crippen LogP contribution in [0, 0.1) is 0 Å². The fourth-order valence-electron chi connectivity index (χ4n) is 2.49. The van der Waals surface area contributed by atoms with Crippen molar-refractivity contribution in [2.45, 2.75) is 20.0 Å². The summed E-state index contributed by atoms with van der Waals surface area (Å²) in [5.41, 5.74) is 2.13. The first-order valence-corrected chi connectivity index (χ1v) is 8.92. The number of hydrogen-bond acceptors (Lipinski definition) is 5. The van der Waals surface area contributed by atoms with Crippen molar-refractivity contribution in [3.05, 3.63) is 47.7 Å². The molecule has 0 aliphatic heterocycles. The number of pyridine rings is 1. The van der Waals surface area contributed by atoms with Gasteiger partial charge in [-0.15, -0.1) is 0 Å². The van der Waals surface area contributed by atoms with Gasteiger partial charge in [0.1, 0.15) is 17.3 Å². The Morgan fingerprint density at radius 3 is 2.59 bits per heavy atom. The summed E-state index contributed by atoms with van der Waals surface area (Å²) in [7, 11) is 7.25. The van der Waals surface area contributed by atoms with E-state index in [1.54, 1.807) is 14.2 Å². The van der Waals surface area contributed by atoms with Gasteiger partial charge in [-0.05, 0) is 36.8 Å². The lowest BCUT2D eigenvalue weighted by Crippen LogP contribution is -2.36. The van der Waals surface area contributed by atoms with Crippen LogP contribution in [-0.2, 0) is 13.1 Å². The monoisotopic (exact) mass is 371 g/mol. The molecule has 7 nitrogen and oxygen atoms in total. The number of ether oxygens (including phenoxy) is 2. The Labute approximate surface area is 161 Å². The molecule has 0 saturated carbocycles. The third-order valence-electron chi connectivity index (χ3n) is 3.97. The Hall–Kier alpha value is -2.96. The predicted molar refractivity (Wildman–Crippen MR) is 110 cm³/mol. The molecule has 0 amide bonds. The topological polar surface area (TPSA) is 71.0 Å². The van der Waals surface area contributed by atoms with Crippen LogP contribution in [0.1, 0.15) is 18.1 Å². The van der Waals surface area contributed by atoms with Crippen LogP contribution in [0.15, 0.2) is 41.5 Å². The standard InChI is InChI=1S/C20H29N5O2/c1-6-21-20(23-13-15-9-10-22-19(11-15)25(2)3)24-14-16-7-8-17(26-4)12-18(16)27-5/h7-12H,6,13-14H2,1-5H3,(H2,21,23,24). The largest absolute Gasteiger partial charge is 0.497 e. The second kappa shape index (κ2) is 10.3. The molecule has 2 rings (SSSR count). The second-order valence-corrected chi connectivity index (χ2v) is 6.14. The number of aromatic nitrogens is 1. The lowest BCUT2D eigenvalue weighted by atomic mass is 10.2. The van der Waals surface area contributed by atoms with E-state index in [0.29, 0.717) is 13.1 Å². The lowest BCUT2D eigenvalue weighted by Gasteiger charge is -2.15. The third kappa shape index (κ3) is 6.06. The Morgan fingerprint density at radius 2 is 1.93 bits per heavy atom. The van der Waals surface area contributed by atoms with Gasteiger partial charge in [-0.25, -0.2) is 9.98 Å². The fourth-order valence-corrected chi connectivity index (χ4v) is 2.49. The van der Waals surface area contributed by atoms with Crippen LogP contribution >= 0.6 is 0 Å². The van der Waals surface area contributed by atoms with Crippen LogP contribution < -0.4 is 25.0 Å². The number of hydrogen-bond donors (Lipinski definition) is 2. The molecule has 1 aromatic carbocycles. The minimum Gasteiger partial charge on any atom is -0.497 e. The average Bonchev–Trinajstić information content (AvgIpc) is 2.70. The van der Waals surface area contributed by atoms with Gasteiger partial charge < -0.3 is 25.0 Å². The average molecular weight is 371 g/mol. The summed E-state index contributed by atoms with van der Waals surface area (Å²) in [5.74, 6) is 3.22. The molecule has 0 atom stereocenters. The van der Waals surface area contributed by atoms with Gasteiger partial charge in [0.2, 0.25) is 0 Å². The maximum absolute atomic E-state index is 5.45. The Kier molecular flexibility index (Phi) is 7.73. The highest BCUT2D eigenvalue weighted by Gasteiger charge is 2.06. The summed E-state index contributed by atoms with van der Waals surface area (Å²) >= 11 is 0. The number of guanidine groups is 1. The molecule has 2 N–H and O–H groups in total. The number of rotatable bonds is 8. The molecule has 1 heterocycles. The van der Waals surface area contributed by atoms with Crippen LogP contribution in [0.4, 0.5) is 5.82 Å². The fraction of sp³-hybridized carbons (Fsp3) is 0.400. The van der Waals surface area contributed by atoms with Crippen LogP contribution in [0.25, 0.3) is 0 Å². The molecule has 146 valence electrons. The zero-order chi connectivity index (χ0) is 19.6. The van der Waals surface area contributed by atoms with E-state index in [0.717, 1.165) is 40.9 Å². The molecule has 27 heavy (non-hydrogen) atoms. The summed E-state index contributed by atoms with van der Waals surface area (Å²) < 4.78 is 10.7. The van der Waals surface area contributed by atoms with Crippen molar-refractivity contribution in [2.75, 3.05) is 39.8 Å². The van der Waals surface area contributed by atoms with Crippen molar-refractivity contribution in [1.82, 2.24) is 15.6 Å². The number of nitrogens with zero attached hydrogens (tertiary/aromatic N) is 3. The minimum absolute atomic E-state index is 0.568. The summed E-state index contributed by atoms with van der Waals surface area (Å²) in [6.45, 7) is 3.99. The first-order valence-electron chi connectivity index (χ1n) is 8.92. The molecule has 0 saturated heterocycles. The first-order chi connectivity index (χ1) is 13.1. The van der Waals surface area contributed by atoms with E-state index >= 15 is 0 Å². The predicted octanol–water partition coefficient (Wildman–Crippen LogP) is 2.42. The van der Waals surface area contributed by atoms with Crippen LogP contribution in [-0.4, -0.2) is 45.8 Å². The molecule has 0 fully saturated rings. The highest BCUT2D eigenvalue weighted by molar-refractivity contribution is 5.79. The third-order valence-corrected chi connectivity index (χ3v) is 3.97. The van der Waals surface area contributed by atoms with Crippen LogP contribution in [0.3, 0.4) is 0 Å². The smallest absolute Gasteiger partial charge is 0.191 e. The van der Waals surface area contributed by atoms with E-state index in [1.165, 1.54) is 0 Å². The van der Waals surface area contributed by atoms with E-state index in [-0.39, 0.29) is 0 Å². The number of anilines is 1. The normalized spacial score (nSPS) is 11.1. The molecule has 0 spiro atoms. The van der Waals surface area contributed by atoms with E-state index < -0.39 is 0 Å². The quantitative estimate of drug-likeness (QED) is 0.549. The summed E-state index contributed by atoms with van der Waals surface area (Å²) in [6, 6.07) is 9.80. The van der Waals surface area contributed by atoms with Crippen molar-refractivity contribution in [3.8, 4) is 11.5 Å². The van der Waals surface area contributed by atoms with Crippen molar-refractivity contribution >= 4 is 11.8 Å². The summed E-state index contributed by atoms with van der Waals surface area (Å²) in [6.07, 6.45) is 1.81. The highest BCUT2D eigenvalue weighted by Crippen LogP contribution is 2.24. The zero-order valence-electron chi connectivity index (χ0n) is 16.7. The Balaban J connectivity index is 2.07. The molecule has 0 bridgehead atoms. The van der Waals surface area contributed by atoms with E-state index in [1.807, 2.05) is 62.4 Å². The van der Waals surface area contributed by atoms with Gasteiger partial charge in [0.15, 0.2) is 5.96 Å². The number of methoxy groups -OCH3 is 2. The summed E-state index contributed by atoms with van der Waals surface area (Å²) in [5, 5.41) is 6.62. The maximum Gasteiger partial charge on any atom is 0.191 e. The Bertz CT molecular complexity index is 762. The minimum atomic E-state index is 0.568. The van der Waals surface area contributed by atoms with Gasteiger partial charge >= 0.3 is 0 Å². The Morgan fingerprint density at radius 1 is 1.11 bits per heavy atom. The van der Waals surface area contributed by atoms with Gasteiger partial charge in [0, 0.05) is 45.0 Å². The van der Waals surface area contributed by atoms with Crippen LogP contribution in [0.5, 0.6) is 11.5 Å². The molecule has 2 aromatic rings. The number of aliphatic imine (C=N–C) groups is 1. The van der Waals surface area contributed by atoms with E-state index in [2.05, 4.69) is 20.6 Å². The van der Waals surface area contributed by atoms with Crippen molar-refractivity contribution in [3.63, 3.8) is 0 Å². The lowest BCUT2D eigenvalue weighted by molar-refractivity contribution is 0.390. The molecule has 0 aliphatic carbocycles. The highest BCUT2D eigenvalue weighted by atomic mass is 16.5. The SMILES string of the molecule is CCNC(=NCc1ccnc(N(C)C)c1)NCc1ccc(OC)cc1OC. The number of nitrogens with one attached hydrogen (secondary N) is 2. The van der Waals surface area contributed by atoms with Gasteiger partial charge in [0.05, 0.1) is 20.8 Å². The molecule has 1 aromatic heterocycles. The molecular formula is C20H29N5O2. The van der Waals surface area contributed by atoms with Crippen molar-refractivity contribution in [2.24, 2.45) is 4.99 Å². The zero-order valence-corrected chi connectivity index (χ0v) is 16.7. The number of benzene rings is 1. The molecule has 0 radical (unpaired) electrons.